The largest absolute Gasteiger partial charge is 0.465 e. The minimum absolute atomic E-state index is 0.464. The van der Waals surface area contributed by atoms with Gasteiger partial charge in [0.05, 0.1) is 25.4 Å². The molecule has 0 bridgehead atoms. The van der Waals surface area contributed by atoms with E-state index in [4.69, 9.17) is 14.6 Å². The highest BCUT2D eigenvalue weighted by atomic mass is 16.5. The molecule has 0 radical (unpaired) electrons. The Morgan fingerprint density at radius 3 is 2.00 bits per heavy atom. The number of hydrogen-bond donors (Lipinski definition) is 3. The number of rotatable bonds is 10. The number of methoxy groups -OCH3 is 2. The molecule has 26 heavy (non-hydrogen) atoms. The average molecular weight is 368 g/mol. The third-order valence-electron chi connectivity index (χ3n) is 4.23. The summed E-state index contributed by atoms with van der Waals surface area (Å²) in [5, 5.41) is 22.2. The normalized spacial score (nSPS) is 13.9. The highest BCUT2D eigenvalue weighted by Gasteiger charge is 2.32. The number of nitrogens with zero attached hydrogens (tertiary/aromatic N) is 1. The fourth-order valence-corrected chi connectivity index (χ4v) is 2.64. The van der Waals surface area contributed by atoms with E-state index in [0.717, 1.165) is 24.3 Å². The van der Waals surface area contributed by atoms with Gasteiger partial charge in [0, 0.05) is 33.0 Å². The fraction of sp³-hybridized carbons (Fsp3) is 0.632. The van der Waals surface area contributed by atoms with Crippen LogP contribution in [0.3, 0.4) is 0 Å². The summed E-state index contributed by atoms with van der Waals surface area (Å²) >= 11 is 0. The third-order valence-corrected chi connectivity index (χ3v) is 4.23. The van der Waals surface area contributed by atoms with Crippen LogP contribution < -0.4 is 10.2 Å². The molecular formula is C19H32N2O5. The van der Waals surface area contributed by atoms with Crippen molar-refractivity contribution in [1.29, 1.82) is 0 Å². The molecule has 3 N–H and O–H groups in total. The molecule has 1 rings (SSSR count). The van der Waals surface area contributed by atoms with E-state index in [1.165, 1.54) is 0 Å². The van der Waals surface area contributed by atoms with Gasteiger partial charge in [-0.1, -0.05) is 32.9 Å². The molecule has 1 amide bonds. The number of benzene rings is 1. The van der Waals surface area contributed by atoms with Crippen molar-refractivity contribution in [1.82, 2.24) is 5.32 Å². The van der Waals surface area contributed by atoms with Crippen molar-refractivity contribution >= 4 is 11.8 Å². The first kappa shape index (κ1) is 22.2. The first-order chi connectivity index (χ1) is 12.2. The summed E-state index contributed by atoms with van der Waals surface area (Å²) in [6, 6.07) is 6.83. The highest BCUT2D eigenvalue weighted by molar-refractivity contribution is 5.65. The van der Waals surface area contributed by atoms with Crippen LogP contribution in [0, 0.1) is 5.41 Å². The summed E-state index contributed by atoms with van der Waals surface area (Å²) in [5.74, 6) is 0. The summed E-state index contributed by atoms with van der Waals surface area (Å²) in [5.41, 5.74) is 1.24. The Morgan fingerprint density at radius 2 is 1.62 bits per heavy atom. The lowest BCUT2D eigenvalue weighted by Crippen LogP contribution is -2.42. The maximum Gasteiger partial charge on any atom is 0.405 e. The molecule has 2 atom stereocenters. The molecule has 0 saturated heterocycles. The predicted molar refractivity (Wildman–Crippen MR) is 102 cm³/mol. The van der Waals surface area contributed by atoms with E-state index in [0.29, 0.717) is 13.2 Å². The standard InChI is InChI=1S/C19H32N2O5/c1-19(2,3)17(22)16(20-18(23)24)14-6-8-15(9-7-14)21(10-12-25-4)11-13-26-5/h6-9,16-17,20,22H,10-13H2,1-5H3,(H,23,24)/t16?,17-/m1/s1. The van der Waals surface area contributed by atoms with Gasteiger partial charge in [0.2, 0.25) is 0 Å². The van der Waals surface area contributed by atoms with Gasteiger partial charge in [-0.15, -0.1) is 0 Å². The smallest absolute Gasteiger partial charge is 0.405 e. The van der Waals surface area contributed by atoms with Gasteiger partial charge in [-0.2, -0.15) is 0 Å². The fourth-order valence-electron chi connectivity index (χ4n) is 2.64. The molecule has 0 fully saturated rings. The van der Waals surface area contributed by atoms with Crippen LogP contribution >= 0.6 is 0 Å². The monoisotopic (exact) mass is 368 g/mol. The van der Waals surface area contributed by atoms with Crippen LogP contribution in [0.2, 0.25) is 0 Å². The molecule has 0 spiro atoms. The number of anilines is 1. The van der Waals surface area contributed by atoms with E-state index in [-0.39, 0.29) is 0 Å². The minimum atomic E-state index is -1.16. The van der Waals surface area contributed by atoms with Crippen molar-refractivity contribution < 1.29 is 24.5 Å². The molecule has 1 unspecified atom stereocenters. The van der Waals surface area contributed by atoms with Crippen LogP contribution in [0.1, 0.15) is 32.4 Å². The molecule has 148 valence electrons. The number of ether oxygens (including phenoxy) is 2. The van der Waals surface area contributed by atoms with Crippen LogP contribution in [0.25, 0.3) is 0 Å². The van der Waals surface area contributed by atoms with Crippen LogP contribution in [0.4, 0.5) is 10.5 Å². The Bertz CT molecular complexity index is 534. The van der Waals surface area contributed by atoms with Crippen molar-refractivity contribution in [2.75, 3.05) is 45.4 Å². The Morgan fingerprint density at radius 1 is 1.12 bits per heavy atom. The Hall–Kier alpha value is -1.83. The molecule has 1 aromatic carbocycles. The average Bonchev–Trinajstić information content (AvgIpc) is 2.58. The van der Waals surface area contributed by atoms with Gasteiger partial charge >= 0.3 is 6.09 Å². The van der Waals surface area contributed by atoms with E-state index < -0.39 is 23.7 Å². The van der Waals surface area contributed by atoms with Crippen molar-refractivity contribution in [2.24, 2.45) is 5.41 Å². The van der Waals surface area contributed by atoms with Gasteiger partial charge in [0.25, 0.3) is 0 Å². The van der Waals surface area contributed by atoms with E-state index in [1.807, 2.05) is 45.0 Å². The number of nitrogens with one attached hydrogen (secondary N) is 1. The van der Waals surface area contributed by atoms with Crippen molar-refractivity contribution in [3.63, 3.8) is 0 Å². The summed E-state index contributed by atoms with van der Waals surface area (Å²) in [7, 11) is 3.32. The number of aliphatic hydroxyl groups is 1. The van der Waals surface area contributed by atoms with Gasteiger partial charge < -0.3 is 29.9 Å². The second-order valence-electron chi connectivity index (χ2n) is 7.30. The minimum Gasteiger partial charge on any atom is -0.465 e. The van der Waals surface area contributed by atoms with Crippen molar-refractivity contribution in [3.05, 3.63) is 29.8 Å². The van der Waals surface area contributed by atoms with Crippen LogP contribution in [0.5, 0.6) is 0 Å². The lowest BCUT2D eigenvalue weighted by Gasteiger charge is -2.33. The first-order valence-corrected chi connectivity index (χ1v) is 8.71. The van der Waals surface area contributed by atoms with Gasteiger partial charge in [-0.3, -0.25) is 0 Å². The molecular weight excluding hydrogens is 336 g/mol. The molecule has 7 nitrogen and oxygen atoms in total. The molecule has 0 saturated carbocycles. The number of carboxylic acid groups (broad SMARTS) is 1. The zero-order chi connectivity index (χ0) is 19.7. The second-order valence-corrected chi connectivity index (χ2v) is 7.30. The number of amides is 1. The van der Waals surface area contributed by atoms with Gasteiger partial charge in [0.1, 0.15) is 0 Å². The molecule has 0 aromatic heterocycles. The van der Waals surface area contributed by atoms with E-state index >= 15 is 0 Å². The SMILES string of the molecule is COCCN(CCOC)c1ccc(C(NC(=O)O)[C@@H](O)C(C)(C)C)cc1. The van der Waals surface area contributed by atoms with Gasteiger partial charge in [-0.05, 0) is 23.1 Å². The summed E-state index contributed by atoms with van der Waals surface area (Å²) in [4.78, 5) is 13.3. The molecule has 0 aliphatic heterocycles. The zero-order valence-electron chi connectivity index (χ0n) is 16.4. The number of hydrogen-bond acceptors (Lipinski definition) is 5. The number of aliphatic hydroxyl groups excluding tert-OH is 1. The van der Waals surface area contributed by atoms with Crippen LogP contribution in [0.15, 0.2) is 24.3 Å². The second kappa shape index (κ2) is 10.4. The molecule has 0 aliphatic carbocycles. The van der Waals surface area contributed by atoms with Crippen LogP contribution in [-0.2, 0) is 9.47 Å². The number of carbonyl (C=O) groups is 1. The van der Waals surface area contributed by atoms with E-state index in [2.05, 4.69) is 10.2 Å². The predicted octanol–water partition coefficient (Wildman–Crippen LogP) is 2.50. The quantitative estimate of drug-likeness (QED) is 0.588. The highest BCUT2D eigenvalue weighted by Crippen LogP contribution is 2.31. The maximum absolute atomic E-state index is 11.2. The molecule has 0 aliphatic rings. The zero-order valence-corrected chi connectivity index (χ0v) is 16.4. The maximum atomic E-state index is 11.2. The van der Waals surface area contributed by atoms with E-state index in [9.17, 15) is 9.90 Å². The topological polar surface area (TPSA) is 91.3 Å². The van der Waals surface area contributed by atoms with Gasteiger partial charge in [-0.25, -0.2) is 4.79 Å². The first-order valence-electron chi connectivity index (χ1n) is 8.71. The van der Waals surface area contributed by atoms with Gasteiger partial charge in [0.15, 0.2) is 0 Å². The molecule has 0 heterocycles. The summed E-state index contributed by atoms with van der Waals surface area (Å²) in [6.45, 7) is 8.26. The van der Waals surface area contributed by atoms with Crippen LogP contribution in [-0.4, -0.2) is 62.9 Å². The Labute approximate surface area is 155 Å². The lowest BCUT2D eigenvalue weighted by atomic mass is 9.82. The van der Waals surface area contributed by atoms with Crippen molar-refractivity contribution in [2.45, 2.75) is 32.9 Å². The van der Waals surface area contributed by atoms with E-state index in [1.54, 1.807) is 14.2 Å². The Balaban J connectivity index is 3.03. The van der Waals surface area contributed by atoms with Crippen molar-refractivity contribution in [3.8, 4) is 0 Å². The Kier molecular flexibility index (Phi) is 8.84. The lowest BCUT2D eigenvalue weighted by molar-refractivity contribution is 0.0288. The molecule has 7 heteroatoms. The summed E-state index contributed by atoms with van der Waals surface area (Å²) in [6.07, 6.45) is -2.02. The summed E-state index contributed by atoms with van der Waals surface area (Å²) < 4.78 is 10.3. The molecule has 1 aromatic rings. The third kappa shape index (κ3) is 6.82.